The second kappa shape index (κ2) is 7.37. The highest BCUT2D eigenvalue weighted by Crippen LogP contribution is 2.13. The molecule has 1 amide bonds. The van der Waals surface area contributed by atoms with Crippen molar-refractivity contribution in [3.05, 3.63) is 59.5 Å². The maximum absolute atomic E-state index is 12.8. The Hall–Kier alpha value is -2.67. The number of hydrogen-bond donors (Lipinski definition) is 3. The zero-order chi connectivity index (χ0) is 15.9. The molecule has 0 radical (unpaired) electrons. The van der Waals surface area contributed by atoms with Crippen LogP contribution in [-0.2, 0) is 11.3 Å². The molecule has 7 heteroatoms. The van der Waals surface area contributed by atoms with Gasteiger partial charge in [0.2, 0.25) is 0 Å². The molecule has 1 heterocycles. The van der Waals surface area contributed by atoms with Crippen LogP contribution in [0.15, 0.2) is 42.6 Å². The van der Waals surface area contributed by atoms with Crippen LogP contribution < -0.4 is 16.8 Å². The molecule has 1 unspecified atom stereocenters. The largest absolute Gasteiger partial charge is 0.448 e. The maximum atomic E-state index is 12.8. The van der Waals surface area contributed by atoms with Crippen LogP contribution in [0, 0.1) is 5.82 Å². The van der Waals surface area contributed by atoms with Gasteiger partial charge in [0.05, 0.1) is 6.04 Å². The van der Waals surface area contributed by atoms with E-state index in [4.69, 9.17) is 11.5 Å². The summed E-state index contributed by atoms with van der Waals surface area (Å²) < 4.78 is 17.4. The van der Waals surface area contributed by atoms with Gasteiger partial charge in [0.25, 0.3) is 0 Å². The maximum Gasteiger partial charge on any atom is 0.404 e. The number of nitrogens with two attached hydrogens (primary N) is 2. The van der Waals surface area contributed by atoms with Gasteiger partial charge in [0.1, 0.15) is 18.2 Å². The van der Waals surface area contributed by atoms with Gasteiger partial charge in [-0.2, -0.15) is 0 Å². The van der Waals surface area contributed by atoms with Crippen molar-refractivity contribution >= 4 is 11.9 Å². The molecule has 116 valence electrons. The van der Waals surface area contributed by atoms with Crippen molar-refractivity contribution in [3.63, 3.8) is 0 Å². The first-order valence-electron chi connectivity index (χ1n) is 6.66. The van der Waals surface area contributed by atoms with Crippen molar-refractivity contribution in [1.82, 2.24) is 4.98 Å². The normalized spacial score (nSPS) is 11.7. The second-order valence-electron chi connectivity index (χ2n) is 4.69. The van der Waals surface area contributed by atoms with Crippen LogP contribution in [0.2, 0.25) is 0 Å². The van der Waals surface area contributed by atoms with Crippen molar-refractivity contribution in [2.45, 2.75) is 12.6 Å². The van der Waals surface area contributed by atoms with E-state index in [0.29, 0.717) is 12.4 Å². The summed E-state index contributed by atoms with van der Waals surface area (Å²) >= 11 is 0. The zero-order valence-corrected chi connectivity index (χ0v) is 11.8. The smallest absolute Gasteiger partial charge is 0.404 e. The molecule has 0 saturated heterocycles. The van der Waals surface area contributed by atoms with Crippen molar-refractivity contribution in [1.29, 1.82) is 0 Å². The Kier molecular flexibility index (Phi) is 5.26. The molecular weight excluding hydrogens is 287 g/mol. The third-order valence-corrected chi connectivity index (χ3v) is 3.01. The molecule has 1 atom stereocenters. The standard InChI is InChI=1S/C15H17FN4O2/c16-12-4-1-10(2-5-12)7-19-14-6-3-11(8-20-14)13(17)9-22-15(18)21/h1-6,8,13H,7,9,17H2,(H2,18,21)(H,19,20). The van der Waals surface area contributed by atoms with Crippen LogP contribution >= 0.6 is 0 Å². The van der Waals surface area contributed by atoms with E-state index in [0.717, 1.165) is 11.1 Å². The summed E-state index contributed by atoms with van der Waals surface area (Å²) in [7, 11) is 0. The van der Waals surface area contributed by atoms with E-state index in [9.17, 15) is 9.18 Å². The van der Waals surface area contributed by atoms with Gasteiger partial charge in [-0.05, 0) is 29.3 Å². The number of carbonyl (C=O) groups excluding carboxylic acids is 1. The van der Waals surface area contributed by atoms with Crippen LogP contribution in [0.25, 0.3) is 0 Å². The molecule has 5 N–H and O–H groups in total. The molecule has 0 saturated carbocycles. The number of hydrogen-bond acceptors (Lipinski definition) is 5. The summed E-state index contributed by atoms with van der Waals surface area (Å²) in [4.78, 5) is 14.7. The van der Waals surface area contributed by atoms with Gasteiger partial charge in [-0.25, -0.2) is 14.2 Å². The van der Waals surface area contributed by atoms with Crippen molar-refractivity contribution < 1.29 is 13.9 Å². The zero-order valence-electron chi connectivity index (χ0n) is 11.8. The number of nitrogens with one attached hydrogen (secondary N) is 1. The summed E-state index contributed by atoms with van der Waals surface area (Å²) in [6.45, 7) is 0.531. The first kappa shape index (κ1) is 15.7. The predicted molar refractivity (Wildman–Crippen MR) is 80.4 cm³/mol. The Morgan fingerprint density at radius 1 is 1.27 bits per heavy atom. The number of pyridine rings is 1. The Balaban J connectivity index is 1.88. The molecule has 0 bridgehead atoms. The number of anilines is 1. The molecule has 0 aliphatic carbocycles. The number of benzene rings is 1. The van der Waals surface area contributed by atoms with E-state index in [1.807, 2.05) is 0 Å². The lowest BCUT2D eigenvalue weighted by atomic mass is 10.1. The highest BCUT2D eigenvalue weighted by molar-refractivity contribution is 5.64. The molecule has 2 aromatic rings. The molecular formula is C15H17FN4O2. The van der Waals surface area contributed by atoms with Crippen LogP contribution in [-0.4, -0.2) is 17.7 Å². The van der Waals surface area contributed by atoms with Gasteiger partial charge in [0.15, 0.2) is 0 Å². The molecule has 0 fully saturated rings. The fourth-order valence-corrected chi connectivity index (χ4v) is 1.79. The predicted octanol–water partition coefficient (Wildman–Crippen LogP) is 1.93. The molecule has 0 spiro atoms. The van der Waals surface area contributed by atoms with Crippen molar-refractivity contribution in [2.75, 3.05) is 11.9 Å². The lowest BCUT2D eigenvalue weighted by Crippen LogP contribution is -2.22. The van der Waals surface area contributed by atoms with Gasteiger partial charge < -0.3 is 21.5 Å². The molecule has 0 aliphatic rings. The van der Waals surface area contributed by atoms with E-state index >= 15 is 0 Å². The molecule has 6 nitrogen and oxygen atoms in total. The first-order chi connectivity index (χ1) is 10.5. The summed E-state index contributed by atoms with van der Waals surface area (Å²) in [6.07, 6.45) is 0.739. The number of amides is 1. The van der Waals surface area contributed by atoms with Crippen molar-refractivity contribution in [3.8, 4) is 0 Å². The fourth-order valence-electron chi connectivity index (χ4n) is 1.79. The van der Waals surface area contributed by atoms with Gasteiger partial charge in [0, 0.05) is 12.7 Å². The van der Waals surface area contributed by atoms with Crippen LogP contribution in [0.3, 0.4) is 0 Å². The first-order valence-corrected chi connectivity index (χ1v) is 6.66. The third-order valence-electron chi connectivity index (χ3n) is 3.01. The third kappa shape index (κ3) is 4.71. The molecule has 1 aromatic heterocycles. The Labute approximate surface area is 127 Å². The van der Waals surface area contributed by atoms with Gasteiger partial charge in [-0.3, -0.25) is 0 Å². The van der Waals surface area contributed by atoms with E-state index < -0.39 is 12.1 Å². The monoisotopic (exact) mass is 304 g/mol. The van der Waals surface area contributed by atoms with Crippen molar-refractivity contribution in [2.24, 2.45) is 11.5 Å². The lowest BCUT2D eigenvalue weighted by Gasteiger charge is -2.12. The number of ether oxygens (including phenoxy) is 1. The van der Waals surface area contributed by atoms with E-state index in [1.54, 1.807) is 30.5 Å². The number of primary amides is 1. The minimum absolute atomic E-state index is 0.000627. The van der Waals surface area contributed by atoms with Gasteiger partial charge in [-0.15, -0.1) is 0 Å². The minimum Gasteiger partial charge on any atom is -0.448 e. The lowest BCUT2D eigenvalue weighted by molar-refractivity contribution is 0.149. The molecule has 2 rings (SSSR count). The Morgan fingerprint density at radius 3 is 2.59 bits per heavy atom. The average molecular weight is 304 g/mol. The summed E-state index contributed by atoms with van der Waals surface area (Å²) in [5.41, 5.74) is 12.4. The molecule has 1 aromatic carbocycles. The quantitative estimate of drug-likeness (QED) is 0.756. The Morgan fingerprint density at radius 2 is 2.00 bits per heavy atom. The van der Waals surface area contributed by atoms with E-state index in [-0.39, 0.29) is 12.4 Å². The highest BCUT2D eigenvalue weighted by atomic mass is 19.1. The number of nitrogens with zero attached hydrogens (tertiary/aromatic N) is 1. The SMILES string of the molecule is NC(=O)OCC(N)c1ccc(NCc2ccc(F)cc2)nc1. The number of aromatic nitrogens is 1. The van der Waals surface area contributed by atoms with Gasteiger partial charge >= 0.3 is 6.09 Å². The summed E-state index contributed by atoms with van der Waals surface area (Å²) in [5.74, 6) is 0.398. The fraction of sp³-hybridized carbons (Fsp3) is 0.200. The second-order valence-corrected chi connectivity index (χ2v) is 4.69. The number of rotatable bonds is 6. The number of halogens is 1. The number of carbonyl (C=O) groups is 1. The van der Waals surface area contributed by atoms with Crippen LogP contribution in [0.1, 0.15) is 17.2 Å². The van der Waals surface area contributed by atoms with E-state index in [2.05, 4.69) is 15.0 Å². The van der Waals surface area contributed by atoms with Crippen LogP contribution in [0.4, 0.5) is 15.0 Å². The average Bonchev–Trinajstić information content (AvgIpc) is 2.52. The van der Waals surface area contributed by atoms with E-state index in [1.165, 1.54) is 12.1 Å². The topological polar surface area (TPSA) is 103 Å². The summed E-state index contributed by atoms with van der Waals surface area (Å²) in [6, 6.07) is 9.29. The highest BCUT2D eigenvalue weighted by Gasteiger charge is 2.08. The van der Waals surface area contributed by atoms with Crippen LogP contribution in [0.5, 0.6) is 0 Å². The summed E-state index contributed by atoms with van der Waals surface area (Å²) in [5, 5.41) is 3.12. The molecule has 22 heavy (non-hydrogen) atoms. The Bertz CT molecular complexity index is 616. The van der Waals surface area contributed by atoms with Gasteiger partial charge in [-0.1, -0.05) is 18.2 Å². The minimum atomic E-state index is -0.860. The molecule has 0 aliphatic heterocycles.